The Balaban J connectivity index is 1.48. The summed E-state index contributed by atoms with van der Waals surface area (Å²) >= 11 is 0. The normalized spacial score (nSPS) is 11.1. The molecular formula is C24H23N3O2. The van der Waals surface area contributed by atoms with E-state index < -0.39 is 0 Å². The molecule has 4 aromatic rings. The van der Waals surface area contributed by atoms with Gasteiger partial charge in [0.25, 0.3) is 5.91 Å². The second-order valence-electron chi connectivity index (χ2n) is 7.16. The molecule has 0 unspecified atom stereocenters. The molecule has 4 rings (SSSR count). The molecule has 0 atom stereocenters. The number of amides is 1. The minimum absolute atomic E-state index is 0.144. The lowest BCUT2D eigenvalue weighted by atomic mass is 10.1. The van der Waals surface area contributed by atoms with E-state index in [1.807, 2.05) is 91.2 Å². The Morgan fingerprint density at radius 2 is 1.83 bits per heavy atom. The molecule has 1 N–H and O–H groups in total. The van der Waals surface area contributed by atoms with Crippen LogP contribution in [0.3, 0.4) is 0 Å². The molecule has 0 radical (unpaired) electrons. The van der Waals surface area contributed by atoms with Crippen LogP contribution in [0, 0.1) is 0 Å². The highest BCUT2D eigenvalue weighted by atomic mass is 16.5. The van der Waals surface area contributed by atoms with Crippen molar-refractivity contribution in [3.05, 3.63) is 90.3 Å². The average molecular weight is 385 g/mol. The van der Waals surface area contributed by atoms with Gasteiger partial charge in [-0.15, -0.1) is 0 Å². The van der Waals surface area contributed by atoms with Gasteiger partial charge in [-0.3, -0.25) is 9.36 Å². The first-order valence-corrected chi connectivity index (χ1v) is 9.64. The summed E-state index contributed by atoms with van der Waals surface area (Å²) in [5.74, 6) is -0.144. The molecule has 146 valence electrons. The number of nitrogens with zero attached hydrogens (tertiary/aromatic N) is 2. The molecular weight excluding hydrogens is 362 g/mol. The van der Waals surface area contributed by atoms with E-state index in [0.29, 0.717) is 12.2 Å². The molecule has 1 aromatic heterocycles. The third kappa shape index (κ3) is 4.36. The number of benzene rings is 3. The number of para-hydroxylation sites is 2. The molecule has 3 aromatic carbocycles. The minimum atomic E-state index is -0.144. The van der Waals surface area contributed by atoms with Crippen molar-refractivity contribution in [3.8, 4) is 5.69 Å². The predicted octanol–water partition coefficient (Wildman–Crippen LogP) is 5.20. The Labute approximate surface area is 170 Å². The van der Waals surface area contributed by atoms with Crippen LogP contribution in [0.4, 0.5) is 5.69 Å². The van der Waals surface area contributed by atoms with Gasteiger partial charge in [0.05, 0.1) is 23.7 Å². The zero-order valence-electron chi connectivity index (χ0n) is 16.5. The first-order chi connectivity index (χ1) is 14.1. The third-order valence-corrected chi connectivity index (χ3v) is 4.63. The van der Waals surface area contributed by atoms with Crippen LogP contribution in [0.2, 0.25) is 0 Å². The zero-order valence-corrected chi connectivity index (χ0v) is 16.5. The number of nitrogens with one attached hydrogen (secondary N) is 1. The smallest absolute Gasteiger partial charge is 0.255 e. The van der Waals surface area contributed by atoms with Crippen LogP contribution in [0.5, 0.6) is 0 Å². The van der Waals surface area contributed by atoms with Gasteiger partial charge in [0.1, 0.15) is 6.33 Å². The summed E-state index contributed by atoms with van der Waals surface area (Å²) in [5, 5.41) is 2.96. The molecule has 0 aliphatic rings. The lowest BCUT2D eigenvalue weighted by Crippen LogP contribution is -2.12. The molecule has 0 saturated heterocycles. The average Bonchev–Trinajstić information content (AvgIpc) is 3.17. The molecule has 5 nitrogen and oxygen atoms in total. The molecule has 0 aliphatic carbocycles. The van der Waals surface area contributed by atoms with E-state index in [-0.39, 0.29) is 12.0 Å². The van der Waals surface area contributed by atoms with E-state index in [1.165, 1.54) is 0 Å². The summed E-state index contributed by atoms with van der Waals surface area (Å²) in [5.41, 5.74) is 5.31. The monoisotopic (exact) mass is 385 g/mol. The highest BCUT2D eigenvalue weighted by Gasteiger charge is 2.09. The van der Waals surface area contributed by atoms with Gasteiger partial charge < -0.3 is 10.1 Å². The van der Waals surface area contributed by atoms with Gasteiger partial charge in [0.15, 0.2) is 0 Å². The standard InChI is InChI=1S/C24H23N3O2/c1-17(2)29-15-18-6-5-7-20(14-18)26-24(28)19-10-12-21(13-11-19)27-16-25-22-8-3-4-9-23(22)27/h3-14,16-17H,15H2,1-2H3,(H,26,28). The molecule has 29 heavy (non-hydrogen) atoms. The second kappa shape index (κ2) is 8.29. The fraction of sp³-hybridized carbons (Fsp3) is 0.167. The molecule has 0 bridgehead atoms. The first-order valence-electron chi connectivity index (χ1n) is 9.64. The van der Waals surface area contributed by atoms with E-state index >= 15 is 0 Å². The largest absolute Gasteiger partial charge is 0.374 e. The number of aromatic nitrogens is 2. The molecule has 1 amide bonds. The SMILES string of the molecule is CC(C)OCc1cccc(NC(=O)c2ccc(-n3cnc4ccccc43)cc2)c1. The Morgan fingerprint density at radius 1 is 1.03 bits per heavy atom. The van der Waals surface area contributed by atoms with Crippen LogP contribution in [0.15, 0.2) is 79.1 Å². The van der Waals surface area contributed by atoms with Gasteiger partial charge >= 0.3 is 0 Å². The van der Waals surface area contributed by atoms with Crippen LogP contribution in [0.25, 0.3) is 16.7 Å². The van der Waals surface area contributed by atoms with Crippen molar-refractivity contribution in [2.75, 3.05) is 5.32 Å². The van der Waals surface area contributed by atoms with Gasteiger partial charge in [-0.05, 0) is 67.9 Å². The fourth-order valence-corrected chi connectivity index (χ4v) is 3.14. The number of carbonyl (C=O) groups is 1. The summed E-state index contributed by atoms with van der Waals surface area (Å²) in [4.78, 5) is 17.1. The van der Waals surface area contributed by atoms with Gasteiger partial charge in [-0.2, -0.15) is 0 Å². The topological polar surface area (TPSA) is 56.1 Å². The van der Waals surface area contributed by atoms with E-state index in [2.05, 4.69) is 10.3 Å². The lowest BCUT2D eigenvalue weighted by molar-refractivity contribution is 0.0657. The van der Waals surface area contributed by atoms with Crippen molar-refractivity contribution < 1.29 is 9.53 Å². The van der Waals surface area contributed by atoms with E-state index in [0.717, 1.165) is 28.0 Å². The first kappa shape index (κ1) is 18.9. The maximum atomic E-state index is 12.6. The number of rotatable bonds is 6. The maximum absolute atomic E-state index is 12.6. The Morgan fingerprint density at radius 3 is 2.62 bits per heavy atom. The summed E-state index contributed by atoms with van der Waals surface area (Å²) in [6.07, 6.45) is 1.96. The Kier molecular flexibility index (Phi) is 5.40. The van der Waals surface area contributed by atoms with Gasteiger partial charge in [-0.1, -0.05) is 24.3 Å². The van der Waals surface area contributed by atoms with Crippen LogP contribution >= 0.6 is 0 Å². The van der Waals surface area contributed by atoms with Crippen LogP contribution in [0.1, 0.15) is 29.8 Å². The van der Waals surface area contributed by atoms with Crippen LogP contribution in [-0.2, 0) is 11.3 Å². The number of hydrogen-bond donors (Lipinski definition) is 1. The van der Waals surface area contributed by atoms with Crippen molar-refractivity contribution in [2.24, 2.45) is 0 Å². The van der Waals surface area contributed by atoms with Crippen LogP contribution < -0.4 is 5.32 Å². The lowest BCUT2D eigenvalue weighted by Gasteiger charge is -2.10. The van der Waals surface area contributed by atoms with Crippen LogP contribution in [-0.4, -0.2) is 21.6 Å². The van der Waals surface area contributed by atoms with Gasteiger partial charge in [-0.25, -0.2) is 4.98 Å². The highest BCUT2D eigenvalue weighted by Crippen LogP contribution is 2.19. The van der Waals surface area contributed by atoms with Crippen molar-refractivity contribution in [1.82, 2.24) is 9.55 Å². The Bertz CT molecular complexity index is 1130. The molecule has 0 spiro atoms. The fourth-order valence-electron chi connectivity index (χ4n) is 3.14. The maximum Gasteiger partial charge on any atom is 0.255 e. The summed E-state index contributed by atoms with van der Waals surface area (Å²) in [6.45, 7) is 4.53. The van der Waals surface area contributed by atoms with E-state index in [1.54, 1.807) is 6.33 Å². The van der Waals surface area contributed by atoms with Gasteiger partial charge in [0, 0.05) is 16.9 Å². The van der Waals surface area contributed by atoms with Crippen molar-refractivity contribution in [3.63, 3.8) is 0 Å². The quantitative estimate of drug-likeness (QED) is 0.496. The summed E-state index contributed by atoms with van der Waals surface area (Å²) in [7, 11) is 0. The van der Waals surface area contributed by atoms with Crippen molar-refractivity contribution in [2.45, 2.75) is 26.6 Å². The molecule has 1 heterocycles. The molecule has 0 saturated carbocycles. The molecule has 0 fully saturated rings. The zero-order chi connectivity index (χ0) is 20.2. The number of hydrogen-bond acceptors (Lipinski definition) is 3. The minimum Gasteiger partial charge on any atom is -0.374 e. The van der Waals surface area contributed by atoms with Gasteiger partial charge in [0.2, 0.25) is 0 Å². The van der Waals surface area contributed by atoms with Crippen molar-refractivity contribution in [1.29, 1.82) is 0 Å². The second-order valence-corrected chi connectivity index (χ2v) is 7.16. The number of ether oxygens (including phenoxy) is 1. The molecule has 0 aliphatic heterocycles. The number of carbonyl (C=O) groups excluding carboxylic acids is 1. The highest BCUT2D eigenvalue weighted by molar-refractivity contribution is 6.04. The van der Waals surface area contributed by atoms with E-state index in [4.69, 9.17) is 4.74 Å². The Hall–Kier alpha value is -3.44. The molecule has 5 heteroatoms. The number of fused-ring (bicyclic) bond motifs is 1. The van der Waals surface area contributed by atoms with E-state index in [9.17, 15) is 4.79 Å². The van der Waals surface area contributed by atoms with Crippen molar-refractivity contribution >= 4 is 22.6 Å². The third-order valence-electron chi connectivity index (χ3n) is 4.63. The number of imidazole rings is 1. The number of anilines is 1. The summed E-state index contributed by atoms with van der Waals surface area (Å²) < 4.78 is 7.64. The predicted molar refractivity (Wildman–Crippen MR) is 115 cm³/mol. The summed E-state index contributed by atoms with van der Waals surface area (Å²) in [6, 6.07) is 23.2.